The molecule has 1 aliphatic carbocycles. The summed E-state index contributed by atoms with van der Waals surface area (Å²) in [5.74, 6) is -1.61. The predicted molar refractivity (Wildman–Crippen MR) is 82.2 cm³/mol. The van der Waals surface area contributed by atoms with Crippen molar-refractivity contribution < 1.29 is 19.8 Å². The van der Waals surface area contributed by atoms with Gasteiger partial charge < -0.3 is 15.5 Å². The molecule has 3 N–H and O–H groups in total. The van der Waals surface area contributed by atoms with E-state index < -0.39 is 24.0 Å². The van der Waals surface area contributed by atoms with E-state index in [9.17, 15) is 14.7 Å². The lowest BCUT2D eigenvalue weighted by molar-refractivity contribution is -0.141. The number of aliphatic hydroxyl groups is 1. The molecule has 120 valence electrons. The minimum atomic E-state index is -0.979. The van der Waals surface area contributed by atoms with Crippen LogP contribution in [0.25, 0.3) is 0 Å². The molecule has 0 heterocycles. The van der Waals surface area contributed by atoms with Crippen molar-refractivity contribution in [2.24, 2.45) is 11.8 Å². The number of aliphatic carboxylic acids is 1. The smallest absolute Gasteiger partial charge is 0.304 e. The van der Waals surface area contributed by atoms with Crippen molar-refractivity contribution in [3.8, 4) is 0 Å². The monoisotopic (exact) mass is 305 g/mol. The maximum atomic E-state index is 12.4. The summed E-state index contributed by atoms with van der Waals surface area (Å²) in [6, 6.07) is 7.16. The number of carbonyl (C=O) groups is 2. The van der Waals surface area contributed by atoms with Gasteiger partial charge in [0.05, 0.1) is 18.6 Å². The Kier molecular flexibility index (Phi) is 5.19. The van der Waals surface area contributed by atoms with Crippen molar-refractivity contribution in [1.29, 1.82) is 0 Å². The first-order chi connectivity index (χ1) is 10.4. The first-order valence-corrected chi connectivity index (χ1v) is 7.66. The average Bonchev–Trinajstić information content (AvgIpc) is 2.73. The van der Waals surface area contributed by atoms with E-state index in [1.807, 2.05) is 38.1 Å². The van der Waals surface area contributed by atoms with E-state index in [2.05, 4.69) is 5.32 Å². The first-order valence-electron chi connectivity index (χ1n) is 7.66. The fourth-order valence-corrected chi connectivity index (χ4v) is 3.08. The molecule has 2 rings (SSSR count). The molecule has 1 aliphatic rings. The number of amides is 1. The number of aliphatic hydroxyl groups excluding tert-OH is 1. The van der Waals surface area contributed by atoms with E-state index >= 15 is 0 Å². The molecule has 5 heteroatoms. The maximum absolute atomic E-state index is 12.4. The van der Waals surface area contributed by atoms with Gasteiger partial charge in [-0.15, -0.1) is 0 Å². The van der Waals surface area contributed by atoms with Crippen molar-refractivity contribution in [1.82, 2.24) is 5.32 Å². The van der Waals surface area contributed by atoms with Crippen LogP contribution in [-0.4, -0.2) is 28.2 Å². The van der Waals surface area contributed by atoms with Crippen LogP contribution in [-0.2, 0) is 16.0 Å². The topological polar surface area (TPSA) is 86.6 Å². The Labute approximate surface area is 130 Å². The second kappa shape index (κ2) is 6.92. The van der Waals surface area contributed by atoms with Gasteiger partial charge in [-0.2, -0.15) is 0 Å². The van der Waals surface area contributed by atoms with Crippen molar-refractivity contribution in [2.75, 3.05) is 0 Å². The number of carboxylic acids is 1. The molecule has 1 aromatic carbocycles. The van der Waals surface area contributed by atoms with Crippen molar-refractivity contribution in [3.63, 3.8) is 0 Å². The molecule has 0 radical (unpaired) electrons. The van der Waals surface area contributed by atoms with E-state index in [0.717, 1.165) is 11.1 Å². The number of carboxylic acid groups (broad SMARTS) is 1. The molecule has 0 aliphatic heterocycles. The summed E-state index contributed by atoms with van der Waals surface area (Å²) in [7, 11) is 0. The minimum Gasteiger partial charge on any atom is -0.481 e. The number of hydrogen-bond acceptors (Lipinski definition) is 3. The third-order valence-electron chi connectivity index (χ3n) is 4.05. The summed E-state index contributed by atoms with van der Waals surface area (Å²) in [5, 5.41) is 22.0. The molecule has 1 aromatic rings. The second-order valence-corrected chi connectivity index (χ2v) is 6.38. The average molecular weight is 305 g/mol. The van der Waals surface area contributed by atoms with Gasteiger partial charge in [0, 0.05) is 12.3 Å². The standard InChI is InChI=1S/C17H23NO4/c1-10(2)7-12(9-15(20)21)17(22)18-16-13-6-4-3-5-11(13)8-14(16)19/h3-6,10,12,14,16,19H,7-9H2,1-2H3,(H,18,22)(H,20,21)/t12-,14-,16+/m1/s1. The molecule has 5 nitrogen and oxygen atoms in total. The third kappa shape index (κ3) is 3.85. The number of nitrogens with one attached hydrogen (secondary N) is 1. The fraction of sp³-hybridized carbons (Fsp3) is 0.529. The van der Waals surface area contributed by atoms with E-state index in [-0.39, 0.29) is 18.2 Å². The Balaban J connectivity index is 2.10. The highest BCUT2D eigenvalue weighted by Crippen LogP contribution is 2.31. The van der Waals surface area contributed by atoms with Crippen LogP contribution < -0.4 is 5.32 Å². The second-order valence-electron chi connectivity index (χ2n) is 6.38. The van der Waals surface area contributed by atoms with Gasteiger partial charge in [0.2, 0.25) is 5.91 Å². The predicted octanol–water partition coefficient (Wildman–Crippen LogP) is 1.90. The molecular formula is C17H23NO4. The lowest BCUT2D eigenvalue weighted by Crippen LogP contribution is -2.39. The first kappa shape index (κ1) is 16.5. The summed E-state index contributed by atoms with van der Waals surface area (Å²) >= 11 is 0. The molecule has 0 saturated carbocycles. The maximum Gasteiger partial charge on any atom is 0.304 e. The van der Waals surface area contributed by atoms with Crippen LogP contribution in [0.4, 0.5) is 0 Å². The van der Waals surface area contributed by atoms with Crippen LogP contribution >= 0.6 is 0 Å². The van der Waals surface area contributed by atoms with E-state index in [1.165, 1.54) is 0 Å². The molecule has 0 saturated heterocycles. The molecule has 0 spiro atoms. The summed E-state index contributed by atoms with van der Waals surface area (Å²) in [4.78, 5) is 23.4. The van der Waals surface area contributed by atoms with Crippen molar-refractivity contribution in [2.45, 2.75) is 45.3 Å². The largest absolute Gasteiger partial charge is 0.481 e. The number of benzene rings is 1. The van der Waals surface area contributed by atoms with Gasteiger partial charge >= 0.3 is 5.97 Å². The SMILES string of the molecule is CC(C)C[C@H](CC(=O)O)C(=O)N[C@H]1c2ccccc2C[C@H]1O. The Hall–Kier alpha value is -1.88. The van der Waals surface area contributed by atoms with Gasteiger partial charge in [0.25, 0.3) is 0 Å². The Morgan fingerprint density at radius 2 is 2.00 bits per heavy atom. The fourth-order valence-electron chi connectivity index (χ4n) is 3.08. The van der Waals surface area contributed by atoms with Gasteiger partial charge in [-0.05, 0) is 23.5 Å². The molecule has 22 heavy (non-hydrogen) atoms. The highest BCUT2D eigenvalue weighted by Gasteiger charge is 2.34. The highest BCUT2D eigenvalue weighted by molar-refractivity contribution is 5.83. The molecule has 0 unspecified atom stereocenters. The minimum absolute atomic E-state index is 0.186. The Morgan fingerprint density at radius 3 is 2.64 bits per heavy atom. The van der Waals surface area contributed by atoms with Gasteiger partial charge in [0.1, 0.15) is 0 Å². The van der Waals surface area contributed by atoms with Crippen molar-refractivity contribution in [3.05, 3.63) is 35.4 Å². The van der Waals surface area contributed by atoms with Crippen LogP contribution in [0.15, 0.2) is 24.3 Å². The quantitative estimate of drug-likeness (QED) is 0.749. The number of hydrogen-bond donors (Lipinski definition) is 3. The van der Waals surface area contributed by atoms with Gasteiger partial charge in [-0.1, -0.05) is 38.1 Å². The number of rotatable bonds is 6. The highest BCUT2D eigenvalue weighted by atomic mass is 16.4. The Bertz CT molecular complexity index is 555. The van der Waals surface area contributed by atoms with Crippen LogP contribution in [0.3, 0.4) is 0 Å². The van der Waals surface area contributed by atoms with E-state index in [1.54, 1.807) is 0 Å². The zero-order valence-corrected chi connectivity index (χ0v) is 13.0. The van der Waals surface area contributed by atoms with E-state index in [0.29, 0.717) is 12.8 Å². The molecular weight excluding hydrogens is 282 g/mol. The molecule has 0 bridgehead atoms. The summed E-state index contributed by atoms with van der Waals surface area (Å²) in [6.07, 6.45) is 0.178. The molecule has 0 aromatic heterocycles. The van der Waals surface area contributed by atoms with Crippen LogP contribution in [0.5, 0.6) is 0 Å². The van der Waals surface area contributed by atoms with Gasteiger partial charge in [-0.25, -0.2) is 0 Å². The molecule has 0 fully saturated rings. The third-order valence-corrected chi connectivity index (χ3v) is 4.05. The number of carbonyl (C=O) groups excluding carboxylic acids is 1. The van der Waals surface area contributed by atoms with Crippen LogP contribution in [0.1, 0.15) is 43.9 Å². The summed E-state index contributed by atoms with van der Waals surface area (Å²) in [6.45, 7) is 3.92. The van der Waals surface area contributed by atoms with Gasteiger partial charge in [0.15, 0.2) is 0 Å². The lowest BCUT2D eigenvalue weighted by Gasteiger charge is -2.22. The van der Waals surface area contributed by atoms with E-state index in [4.69, 9.17) is 5.11 Å². The zero-order chi connectivity index (χ0) is 16.3. The Morgan fingerprint density at radius 1 is 1.32 bits per heavy atom. The summed E-state index contributed by atoms with van der Waals surface area (Å²) < 4.78 is 0. The lowest BCUT2D eigenvalue weighted by atomic mass is 9.92. The zero-order valence-electron chi connectivity index (χ0n) is 13.0. The molecule has 1 amide bonds. The van der Waals surface area contributed by atoms with Crippen molar-refractivity contribution >= 4 is 11.9 Å². The number of fused-ring (bicyclic) bond motifs is 1. The van der Waals surface area contributed by atoms with Gasteiger partial charge in [-0.3, -0.25) is 9.59 Å². The summed E-state index contributed by atoms with van der Waals surface area (Å²) in [5.41, 5.74) is 1.95. The molecule has 3 atom stereocenters. The normalized spacial score (nSPS) is 21.5. The van der Waals surface area contributed by atoms with Crippen LogP contribution in [0, 0.1) is 11.8 Å². The van der Waals surface area contributed by atoms with Crippen LogP contribution in [0.2, 0.25) is 0 Å².